The zero-order chi connectivity index (χ0) is 2.71. The Morgan fingerprint density at radius 3 is 1.33 bits per heavy atom. The van der Waals surface area contributed by atoms with Crippen LogP contribution in [0.3, 0.4) is 0 Å². The Hall–Kier alpha value is 0.852. The Balaban J connectivity index is -0.00000000667. The largest absolute Gasteiger partial charge is 2.00 e. The molecule has 0 saturated heterocycles. The van der Waals surface area contributed by atoms with Crippen LogP contribution in [0, 0.1) is 0 Å². The average Bonchev–Trinajstić information content (AvgIpc) is 0.918. The van der Waals surface area contributed by atoms with Gasteiger partial charge < -0.3 is 24.8 Å². The molecule has 0 nitrogen and oxygen atoms in total. The molecule has 0 spiro atoms. The van der Waals surface area contributed by atoms with Crippen molar-refractivity contribution in [1.82, 2.24) is 0 Å². The summed E-state index contributed by atoms with van der Waals surface area (Å²) >= 11 is 0. The van der Waals surface area contributed by atoms with Crippen molar-refractivity contribution in [2.75, 3.05) is 0 Å². The van der Waals surface area contributed by atoms with E-state index in [-0.39, 0.29) is 42.2 Å². The van der Waals surface area contributed by atoms with E-state index in [1.165, 1.54) is 0 Å². The topological polar surface area (TPSA) is 0 Å². The van der Waals surface area contributed by atoms with Gasteiger partial charge in [0.1, 0.15) is 0 Å². The Kier molecular flexibility index (Phi) is 193. The zero-order valence-corrected chi connectivity index (χ0v) is 6.28. The first-order chi connectivity index (χ1) is 1.41. The van der Waals surface area contributed by atoms with Crippen molar-refractivity contribution in [3.63, 3.8) is 0 Å². The number of hydrogen-bond donors (Lipinski definition) is 0. The zero-order valence-electron chi connectivity index (χ0n) is 3.62. The molecule has 0 saturated carbocycles. The molecule has 3 heteroatoms. The van der Waals surface area contributed by atoms with E-state index in [1.54, 1.807) is 6.08 Å². The van der Waals surface area contributed by atoms with Crippen LogP contribution in [0.5, 0.6) is 0 Å². The van der Waals surface area contributed by atoms with Crippen molar-refractivity contribution in [2.24, 2.45) is 0 Å². The quantitative estimate of drug-likeness (QED) is 0.233. The third-order valence-electron chi connectivity index (χ3n) is 0. The molecule has 6 heavy (non-hydrogen) atoms. The fourth-order valence-electron chi connectivity index (χ4n) is 0. The summed E-state index contributed by atoms with van der Waals surface area (Å²) in [6.45, 7) is 5.25. The molecule has 0 bridgehead atoms. The van der Waals surface area contributed by atoms with Crippen LogP contribution in [0.15, 0.2) is 12.7 Å². The maximum absolute atomic E-state index is 3.36. The van der Waals surface area contributed by atoms with Crippen LogP contribution >= 0.6 is 0 Å². The third kappa shape index (κ3) is 99.1. The summed E-state index contributed by atoms with van der Waals surface area (Å²) in [5.74, 6) is 0. The van der Waals surface area contributed by atoms with Crippen molar-refractivity contribution in [3.05, 3.63) is 12.7 Å². The van der Waals surface area contributed by atoms with E-state index < -0.39 is 0 Å². The SMILES string of the molecule is C=CC.[Al+2].[Cl-].[Cl-]. The number of rotatable bonds is 0. The summed E-state index contributed by atoms with van der Waals surface area (Å²) in [7, 11) is 0. The van der Waals surface area contributed by atoms with Crippen molar-refractivity contribution >= 4 is 17.4 Å². The van der Waals surface area contributed by atoms with Gasteiger partial charge in [-0.2, -0.15) is 0 Å². The predicted octanol–water partition coefficient (Wildman–Crippen LogP) is -5.18. The van der Waals surface area contributed by atoms with Crippen LogP contribution in [0.4, 0.5) is 0 Å². The van der Waals surface area contributed by atoms with Gasteiger partial charge in [-0.05, 0) is 6.92 Å². The Bertz CT molecular complexity index is 16.3. The summed E-state index contributed by atoms with van der Waals surface area (Å²) in [4.78, 5) is 0. The molecule has 0 heterocycles. The summed E-state index contributed by atoms with van der Waals surface area (Å²) < 4.78 is 0. The summed E-state index contributed by atoms with van der Waals surface area (Å²) in [6, 6.07) is 0. The van der Waals surface area contributed by atoms with Crippen molar-refractivity contribution < 1.29 is 24.8 Å². The number of hydrogen-bond acceptors (Lipinski definition) is 0. The molecule has 0 aliphatic rings. The molecule has 1 radical (unpaired) electrons. The van der Waals surface area contributed by atoms with Gasteiger partial charge in [0, 0.05) is 0 Å². The van der Waals surface area contributed by atoms with Gasteiger partial charge in [-0.15, -0.1) is 6.58 Å². The second kappa shape index (κ2) is 40.2. The van der Waals surface area contributed by atoms with Gasteiger partial charge in [0.05, 0.1) is 0 Å². The minimum atomic E-state index is 0. The first-order valence-corrected chi connectivity index (χ1v) is 0.986. The van der Waals surface area contributed by atoms with E-state index in [9.17, 15) is 0 Å². The molecular formula is C3H6AlCl2. The monoisotopic (exact) mass is 139 g/mol. The minimum absolute atomic E-state index is 0. The van der Waals surface area contributed by atoms with Gasteiger partial charge in [-0.25, -0.2) is 0 Å². The van der Waals surface area contributed by atoms with Crippen LogP contribution in [0.25, 0.3) is 0 Å². The summed E-state index contributed by atoms with van der Waals surface area (Å²) in [6.07, 6.45) is 1.75. The van der Waals surface area contributed by atoms with Crippen molar-refractivity contribution in [3.8, 4) is 0 Å². The number of allylic oxidation sites excluding steroid dienone is 1. The molecule has 0 aromatic carbocycles. The molecule has 0 aliphatic carbocycles. The van der Waals surface area contributed by atoms with Gasteiger partial charge in [-0.3, -0.25) is 0 Å². The van der Waals surface area contributed by atoms with E-state index in [2.05, 4.69) is 6.58 Å². The van der Waals surface area contributed by atoms with Gasteiger partial charge in [-0.1, -0.05) is 6.08 Å². The molecule has 0 fully saturated rings. The molecule has 0 aromatic rings. The van der Waals surface area contributed by atoms with Gasteiger partial charge in [0.2, 0.25) is 0 Å². The standard InChI is InChI=1S/C3H6.Al.2ClH/c1-3-2;;;/h3H,1H2,2H3;;2*1H/q;+2;;/p-2. The van der Waals surface area contributed by atoms with Gasteiger partial charge >= 0.3 is 17.4 Å². The molecule has 0 amide bonds. The molecule has 0 aromatic heterocycles. The van der Waals surface area contributed by atoms with E-state index in [0.717, 1.165) is 0 Å². The molecular weight excluding hydrogens is 134 g/mol. The molecule has 35 valence electrons. The van der Waals surface area contributed by atoms with Crippen LogP contribution in [0.2, 0.25) is 0 Å². The third-order valence-corrected chi connectivity index (χ3v) is 0. The van der Waals surface area contributed by atoms with Crippen LogP contribution in [0.1, 0.15) is 6.92 Å². The Morgan fingerprint density at radius 2 is 1.33 bits per heavy atom. The number of halogens is 2. The first-order valence-electron chi connectivity index (χ1n) is 0.986. The maximum atomic E-state index is 3.36. The molecule has 0 N–H and O–H groups in total. The van der Waals surface area contributed by atoms with E-state index in [4.69, 9.17) is 0 Å². The minimum Gasteiger partial charge on any atom is -1.00 e. The van der Waals surface area contributed by atoms with Gasteiger partial charge in [0.15, 0.2) is 0 Å². The van der Waals surface area contributed by atoms with Crippen LogP contribution in [-0.4, -0.2) is 17.4 Å². The van der Waals surface area contributed by atoms with E-state index in [0.29, 0.717) is 0 Å². The average molecular weight is 140 g/mol. The van der Waals surface area contributed by atoms with E-state index >= 15 is 0 Å². The maximum Gasteiger partial charge on any atom is 2.00 e. The fraction of sp³-hybridized carbons (Fsp3) is 0.333. The molecule has 0 rings (SSSR count). The smallest absolute Gasteiger partial charge is 1.00 e. The van der Waals surface area contributed by atoms with Crippen LogP contribution < -0.4 is 24.8 Å². The predicted molar refractivity (Wildman–Crippen MR) is 21.6 cm³/mol. The molecule has 0 atom stereocenters. The van der Waals surface area contributed by atoms with Crippen molar-refractivity contribution in [1.29, 1.82) is 0 Å². The Labute approximate surface area is 62.0 Å². The first kappa shape index (κ1) is 28.8. The summed E-state index contributed by atoms with van der Waals surface area (Å²) in [5, 5.41) is 0. The second-order valence-electron chi connectivity index (χ2n) is 0.408. The fourth-order valence-corrected chi connectivity index (χ4v) is 0. The Morgan fingerprint density at radius 1 is 1.33 bits per heavy atom. The normalized spacial score (nSPS) is 2.17. The second-order valence-corrected chi connectivity index (χ2v) is 0.408. The van der Waals surface area contributed by atoms with Crippen LogP contribution in [-0.2, 0) is 0 Å². The van der Waals surface area contributed by atoms with Crippen molar-refractivity contribution in [2.45, 2.75) is 6.92 Å². The van der Waals surface area contributed by atoms with Gasteiger partial charge in [0.25, 0.3) is 0 Å². The molecule has 0 unspecified atom stereocenters. The van der Waals surface area contributed by atoms with E-state index in [1.807, 2.05) is 6.92 Å². The molecule has 0 aliphatic heterocycles. The summed E-state index contributed by atoms with van der Waals surface area (Å²) in [5.41, 5.74) is 0.